The van der Waals surface area contributed by atoms with Gasteiger partial charge in [0.05, 0.1) is 11.4 Å². The molecule has 1 saturated heterocycles. The van der Waals surface area contributed by atoms with Crippen molar-refractivity contribution in [2.24, 2.45) is 7.05 Å². The van der Waals surface area contributed by atoms with Crippen molar-refractivity contribution >= 4 is 11.8 Å². The summed E-state index contributed by atoms with van der Waals surface area (Å²) in [7, 11) is 1.85. The van der Waals surface area contributed by atoms with Gasteiger partial charge in [-0.05, 0) is 0 Å². The second kappa shape index (κ2) is 3.65. The Balaban J connectivity index is 2.01. The fourth-order valence-corrected chi connectivity index (χ4v) is 2.32. The van der Waals surface area contributed by atoms with E-state index in [0.29, 0.717) is 6.54 Å². The molecular formula is C7H12N4OS. The van der Waals surface area contributed by atoms with Crippen LogP contribution in [0, 0.1) is 0 Å². The highest BCUT2D eigenvalue weighted by molar-refractivity contribution is 7.99. The number of nitrogens with one attached hydrogen (secondary N) is 1. The summed E-state index contributed by atoms with van der Waals surface area (Å²) in [5.41, 5.74) is 0. The van der Waals surface area contributed by atoms with Gasteiger partial charge in [0.15, 0.2) is 5.16 Å². The quantitative estimate of drug-likeness (QED) is 0.657. The smallest absolute Gasteiger partial charge is 0.186 e. The highest BCUT2D eigenvalue weighted by Crippen LogP contribution is 2.24. The van der Waals surface area contributed by atoms with Crippen LogP contribution < -0.4 is 5.32 Å². The van der Waals surface area contributed by atoms with Gasteiger partial charge in [-0.2, -0.15) is 5.10 Å². The van der Waals surface area contributed by atoms with Crippen LogP contribution >= 0.6 is 11.8 Å². The largest absolute Gasteiger partial charge is 0.391 e. The van der Waals surface area contributed by atoms with Crippen molar-refractivity contribution < 1.29 is 5.11 Å². The first-order chi connectivity index (χ1) is 6.27. The minimum atomic E-state index is -0.276. The molecule has 2 N–H and O–H groups in total. The molecule has 0 spiro atoms. The van der Waals surface area contributed by atoms with Crippen LogP contribution in [0.15, 0.2) is 11.5 Å². The molecule has 0 aromatic carbocycles. The zero-order valence-electron chi connectivity index (χ0n) is 7.34. The zero-order chi connectivity index (χ0) is 9.26. The predicted molar refractivity (Wildman–Crippen MR) is 49.5 cm³/mol. The van der Waals surface area contributed by atoms with E-state index in [1.807, 2.05) is 7.05 Å². The molecule has 13 heavy (non-hydrogen) atoms. The number of aryl methyl sites for hydroxylation is 1. The molecule has 1 aromatic heterocycles. The monoisotopic (exact) mass is 200 g/mol. The molecule has 0 bridgehead atoms. The Hall–Kier alpha value is -0.590. The molecule has 0 aliphatic carbocycles. The Kier molecular flexibility index (Phi) is 2.52. The summed E-state index contributed by atoms with van der Waals surface area (Å²) >= 11 is 1.57. The lowest BCUT2D eigenvalue weighted by Crippen LogP contribution is -2.20. The van der Waals surface area contributed by atoms with Crippen LogP contribution in [0.3, 0.4) is 0 Å². The van der Waals surface area contributed by atoms with Gasteiger partial charge in [0.1, 0.15) is 6.33 Å². The first-order valence-electron chi connectivity index (χ1n) is 4.17. The van der Waals surface area contributed by atoms with E-state index in [1.54, 1.807) is 16.4 Å². The van der Waals surface area contributed by atoms with Gasteiger partial charge in [0, 0.05) is 20.1 Å². The van der Waals surface area contributed by atoms with Gasteiger partial charge in [-0.3, -0.25) is 0 Å². The van der Waals surface area contributed by atoms with Crippen molar-refractivity contribution in [1.82, 2.24) is 20.1 Å². The molecule has 2 rings (SSSR count). The molecular weight excluding hydrogens is 188 g/mol. The number of thioether (sulfide) groups is 1. The molecule has 1 fully saturated rings. The number of aliphatic hydroxyl groups is 1. The Morgan fingerprint density at radius 3 is 3.08 bits per heavy atom. The van der Waals surface area contributed by atoms with E-state index >= 15 is 0 Å². The van der Waals surface area contributed by atoms with Crippen LogP contribution in [0.5, 0.6) is 0 Å². The highest BCUT2D eigenvalue weighted by atomic mass is 32.2. The van der Waals surface area contributed by atoms with Crippen molar-refractivity contribution in [1.29, 1.82) is 0 Å². The fraction of sp³-hybridized carbons (Fsp3) is 0.714. The van der Waals surface area contributed by atoms with Crippen LogP contribution in [0.2, 0.25) is 0 Å². The number of nitrogens with zero attached hydrogens (tertiary/aromatic N) is 3. The number of hydrogen-bond donors (Lipinski definition) is 2. The minimum absolute atomic E-state index is 0.197. The van der Waals surface area contributed by atoms with Gasteiger partial charge >= 0.3 is 0 Å². The predicted octanol–water partition coefficient (Wildman–Crippen LogP) is -0.760. The molecule has 1 aliphatic rings. The standard InChI is InChI=1S/C7H12N4OS/c1-11-7(9-4-10-11)13-6-3-8-2-5(6)12/h4-6,8,12H,2-3H2,1H3/t5-,6-/m1/s1. The Labute approximate surface area is 80.5 Å². The maximum Gasteiger partial charge on any atom is 0.186 e. The minimum Gasteiger partial charge on any atom is -0.391 e. The molecule has 0 unspecified atom stereocenters. The van der Waals surface area contributed by atoms with Crippen LogP contribution in [-0.2, 0) is 7.05 Å². The fourth-order valence-electron chi connectivity index (χ4n) is 1.29. The molecule has 0 amide bonds. The van der Waals surface area contributed by atoms with Crippen LogP contribution in [0.1, 0.15) is 0 Å². The van der Waals surface area contributed by atoms with Gasteiger partial charge in [-0.25, -0.2) is 9.67 Å². The molecule has 5 nitrogen and oxygen atoms in total. The van der Waals surface area contributed by atoms with E-state index in [1.165, 1.54) is 6.33 Å². The summed E-state index contributed by atoms with van der Waals surface area (Å²) in [6, 6.07) is 0. The average Bonchev–Trinajstić information content (AvgIpc) is 2.65. The maximum absolute atomic E-state index is 9.54. The lowest BCUT2D eigenvalue weighted by Gasteiger charge is -2.10. The number of β-amino-alcohol motifs (C(OH)–C–C–N with tert-alkyl or cyclic N) is 1. The lowest BCUT2D eigenvalue weighted by molar-refractivity contribution is 0.201. The van der Waals surface area contributed by atoms with Crippen molar-refractivity contribution in [2.45, 2.75) is 16.5 Å². The SMILES string of the molecule is Cn1ncnc1S[C@@H]1CNC[C@H]1O. The van der Waals surface area contributed by atoms with Crippen LogP contribution in [0.4, 0.5) is 0 Å². The van der Waals surface area contributed by atoms with Gasteiger partial charge in [-0.15, -0.1) is 0 Å². The summed E-state index contributed by atoms with van der Waals surface area (Å²) in [6.07, 6.45) is 1.25. The lowest BCUT2D eigenvalue weighted by atomic mass is 10.3. The Morgan fingerprint density at radius 2 is 2.54 bits per heavy atom. The van der Waals surface area contributed by atoms with Crippen LogP contribution in [0.25, 0.3) is 0 Å². The highest BCUT2D eigenvalue weighted by Gasteiger charge is 2.26. The topological polar surface area (TPSA) is 63.0 Å². The summed E-state index contributed by atoms with van der Waals surface area (Å²) < 4.78 is 1.72. The first kappa shape index (κ1) is 8.98. The Bertz CT molecular complexity index is 290. The first-order valence-corrected chi connectivity index (χ1v) is 5.05. The number of aromatic nitrogens is 3. The van der Waals surface area contributed by atoms with E-state index in [2.05, 4.69) is 15.4 Å². The van der Waals surface area contributed by atoms with Crippen LogP contribution in [-0.4, -0.2) is 44.3 Å². The number of rotatable bonds is 2. The third-order valence-corrected chi connectivity index (χ3v) is 3.42. The third kappa shape index (κ3) is 1.84. The molecule has 2 atom stereocenters. The third-order valence-electron chi connectivity index (χ3n) is 2.05. The molecule has 0 saturated carbocycles. The normalized spacial score (nSPS) is 28.2. The summed E-state index contributed by atoms with van der Waals surface area (Å²) in [4.78, 5) is 4.09. The number of hydrogen-bond acceptors (Lipinski definition) is 5. The van der Waals surface area contributed by atoms with Crippen molar-refractivity contribution in [3.8, 4) is 0 Å². The molecule has 72 valence electrons. The van der Waals surface area contributed by atoms with Gasteiger partial charge in [-0.1, -0.05) is 11.8 Å². The van der Waals surface area contributed by atoms with Crippen molar-refractivity contribution in [3.05, 3.63) is 6.33 Å². The number of aliphatic hydroxyl groups excluding tert-OH is 1. The Morgan fingerprint density at radius 1 is 1.69 bits per heavy atom. The van der Waals surface area contributed by atoms with E-state index in [4.69, 9.17) is 0 Å². The molecule has 6 heteroatoms. The maximum atomic E-state index is 9.54. The molecule has 2 heterocycles. The second-order valence-electron chi connectivity index (χ2n) is 3.05. The summed E-state index contributed by atoms with van der Waals surface area (Å²) in [5.74, 6) is 0. The van der Waals surface area contributed by atoms with Gasteiger partial charge in [0.2, 0.25) is 0 Å². The van der Waals surface area contributed by atoms with Gasteiger partial charge < -0.3 is 10.4 Å². The zero-order valence-corrected chi connectivity index (χ0v) is 8.16. The molecule has 1 aliphatic heterocycles. The van der Waals surface area contributed by atoms with E-state index < -0.39 is 0 Å². The average molecular weight is 200 g/mol. The molecule has 1 aromatic rings. The second-order valence-corrected chi connectivity index (χ2v) is 4.25. The van der Waals surface area contributed by atoms with E-state index in [0.717, 1.165) is 11.7 Å². The van der Waals surface area contributed by atoms with E-state index in [9.17, 15) is 5.11 Å². The van der Waals surface area contributed by atoms with E-state index in [-0.39, 0.29) is 11.4 Å². The van der Waals surface area contributed by atoms with Crippen molar-refractivity contribution in [3.63, 3.8) is 0 Å². The molecule has 0 radical (unpaired) electrons. The summed E-state index contributed by atoms with van der Waals surface area (Å²) in [6.45, 7) is 1.51. The summed E-state index contributed by atoms with van der Waals surface area (Å²) in [5, 5.41) is 17.7. The van der Waals surface area contributed by atoms with Crippen molar-refractivity contribution in [2.75, 3.05) is 13.1 Å². The van der Waals surface area contributed by atoms with Gasteiger partial charge in [0.25, 0.3) is 0 Å².